The van der Waals surface area contributed by atoms with E-state index in [0.717, 1.165) is 7.11 Å². The first-order valence-electron chi connectivity index (χ1n) is 9.22. The first-order valence-corrected chi connectivity index (χ1v) is 9.22. The third-order valence-corrected chi connectivity index (χ3v) is 5.21. The molecule has 0 radical (unpaired) electrons. The van der Waals surface area contributed by atoms with Crippen molar-refractivity contribution >= 4 is 22.7 Å². The van der Waals surface area contributed by atoms with E-state index in [4.69, 9.17) is 28.4 Å². The van der Waals surface area contributed by atoms with Crippen molar-refractivity contribution in [3.8, 4) is 39.9 Å². The topological polar surface area (TPSA) is 110 Å². The molecule has 0 atom stereocenters. The van der Waals surface area contributed by atoms with Crippen molar-refractivity contribution < 1.29 is 43.1 Å². The molecule has 9 nitrogen and oxygen atoms in total. The zero-order chi connectivity index (χ0) is 21.7. The molecule has 158 valence electrons. The first-order chi connectivity index (χ1) is 15.0. The van der Waals surface area contributed by atoms with Gasteiger partial charge in [0.05, 0.1) is 19.8 Å². The van der Waals surface area contributed by atoms with Crippen molar-refractivity contribution in [1.29, 1.82) is 0 Å². The van der Waals surface area contributed by atoms with Crippen LogP contribution >= 0.6 is 0 Å². The Balaban J connectivity index is 1.94. The summed E-state index contributed by atoms with van der Waals surface area (Å²) in [5.74, 6) is -0.254. The average molecular weight is 424 g/mol. The molecule has 0 fully saturated rings. The maximum atomic E-state index is 12.9. The minimum Gasteiger partial charge on any atom is -0.506 e. The van der Waals surface area contributed by atoms with Crippen molar-refractivity contribution in [2.24, 2.45) is 0 Å². The number of methoxy groups -OCH3 is 2. The predicted octanol–water partition coefficient (Wildman–Crippen LogP) is 3.24. The van der Waals surface area contributed by atoms with Crippen molar-refractivity contribution in [1.82, 2.24) is 0 Å². The molecule has 0 aliphatic carbocycles. The number of hydrogen-bond donors (Lipinski definition) is 1. The summed E-state index contributed by atoms with van der Waals surface area (Å²) in [6.45, 7) is 0.0879. The first kappa shape index (κ1) is 18.9. The summed E-state index contributed by atoms with van der Waals surface area (Å²) in [4.78, 5) is 25.5. The van der Waals surface area contributed by atoms with Crippen LogP contribution in [0.3, 0.4) is 0 Å². The van der Waals surface area contributed by atoms with Crippen LogP contribution in [0.4, 0.5) is 0 Å². The molecule has 3 aromatic rings. The smallest absolute Gasteiger partial charge is 0.342 e. The van der Waals surface area contributed by atoms with Crippen LogP contribution in [0.15, 0.2) is 30.3 Å². The van der Waals surface area contributed by atoms with Crippen LogP contribution < -0.4 is 18.9 Å². The number of carbonyl (C=O) groups is 2. The van der Waals surface area contributed by atoms with Crippen molar-refractivity contribution in [3.05, 3.63) is 41.5 Å². The third kappa shape index (κ3) is 2.77. The monoisotopic (exact) mass is 424 g/mol. The number of aromatic hydroxyl groups is 1. The fraction of sp³-hybridized carbons (Fsp3) is 0.182. The molecular formula is C22H16O9. The van der Waals surface area contributed by atoms with Crippen LogP contribution in [0.25, 0.3) is 21.9 Å². The van der Waals surface area contributed by atoms with Crippen LogP contribution in [-0.2, 0) is 9.47 Å². The molecule has 0 amide bonds. The largest absolute Gasteiger partial charge is 0.506 e. The second-order valence-corrected chi connectivity index (χ2v) is 6.78. The molecule has 2 heterocycles. The quantitative estimate of drug-likeness (QED) is 0.634. The molecule has 0 bridgehead atoms. The highest BCUT2D eigenvalue weighted by atomic mass is 16.7. The average Bonchev–Trinajstić information content (AvgIpc) is 3.45. The van der Waals surface area contributed by atoms with Gasteiger partial charge >= 0.3 is 11.9 Å². The Morgan fingerprint density at radius 1 is 0.774 bits per heavy atom. The Kier molecular flexibility index (Phi) is 4.25. The lowest BCUT2D eigenvalue weighted by Crippen LogP contribution is -2.14. The summed E-state index contributed by atoms with van der Waals surface area (Å²) in [6.07, 6.45) is 0. The second kappa shape index (κ2) is 6.98. The summed E-state index contributed by atoms with van der Waals surface area (Å²) >= 11 is 0. The molecule has 0 aromatic heterocycles. The zero-order valence-corrected chi connectivity index (χ0v) is 16.5. The summed E-state index contributed by atoms with van der Waals surface area (Å²) in [5.41, 5.74) is 0.431. The van der Waals surface area contributed by atoms with E-state index in [2.05, 4.69) is 0 Å². The number of esters is 2. The molecule has 0 unspecified atom stereocenters. The van der Waals surface area contributed by atoms with Crippen LogP contribution in [0, 0.1) is 0 Å². The molecule has 0 saturated carbocycles. The molecule has 1 N–H and O–H groups in total. The molecule has 31 heavy (non-hydrogen) atoms. The van der Waals surface area contributed by atoms with Gasteiger partial charge in [0.15, 0.2) is 23.0 Å². The van der Waals surface area contributed by atoms with Crippen LogP contribution in [0.5, 0.6) is 28.7 Å². The third-order valence-electron chi connectivity index (χ3n) is 5.21. The lowest BCUT2D eigenvalue weighted by molar-refractivity contribution is 0.0553. The molecule has 2 aliphatic rings. The van der Waals surface area contributed by atoms with E-state index >= 15 is 0 Å². The van der Waals surface area contributed by atoms with E-state index in [9.17, 15) is 14.7 Å². The highest BCUT2D eigenvalue weighted by Crippen LogP contribution is 2.48. The Labute approximate surface area is 175 Å². The van der Waals surface area contributed by atoms with E-state index in [-0.39, 0.29) is 30.1 Å². The lowest BCUT2D eigenvalue weighted by atomic mass is 9.88. The van der Waals surface area contributed by atoms with E-state index in [1.807, 2.05) is 0 Å². The van der Waals surface area contributed by atoms with Crippen molar-refractivity contribution in [2.45, 2.75) is 0 Å². The van der Waals surface area contributed by atoms with Crippen LogP contribution in [-0.4, -0.2) is 44.9 Å². The fourth-order valence-electron chi connectivity index (χ4n) is 3.82. The van der Waals surface area contributed by atoms with E-state index in [1.165, 1.54) is 7.11 Å². The number of carbonyl (C=O) groups excluding carboxylic acids is 2. The predicted molar refractivity (Wildman–Crippen MR) is 106 cm³/mol. The normalized spacial score (nSPS) is 13.4. The van der Waals surface area contributed by atoms with E-state index < -0.39 is 17.7 Å². The Morgan fingerprint density at radius 2 is 1.32 bits per heavy atom. The zero-order valence-electron chi connectivity index (χ0n) is 16.5. The summed E-state index contributed by atoms with van der Waals surface area (Å²) in [5, 5.41) is 11.7. The van der Waals surface area contributed by atoms with Gasteiger partial charge in [-0.25, -0.2) is 9.59 Å². The Hall–Kier alpha value is -4.14. The lowest BCUT2D eigenvalue weighted by Gasteiger charge is -2.18. The molecule has 0 spiro atoms. The number of benzene rings is 3. The van der Waals surface area contributed by atoms with Crippen molar-refractivity contribution in [3.63, 3.8) is 0 Å². The number of fused-ring (bicyclic) bond motifs is 3. The van der Waals surface area contributed by atoms with Gasteiger partial charge < -0.3 is 33.5 Å². The number of rotatable bonds is 3. The standard InChI is InChI=1S/C22H16O9/c1-26-21(24)18-17(10-3-4-13-14(5-10)29-8-28-13)11-6-15-16(31-9-30-15)7-12(11)20(23)19(18)22(25)27-2/h3-7,23H,8-9H2,1-2H3. The maximum Gasteiger partial charge on any atom is 0.342 e. The molecule has 9 heteroatoms. The highest BCUT2D eigenvalue weighted by molar-refractivity contribution is 6.18. The van der Waals surface area contributed by atoms with E-state index in [1.54, 1.807) is 30.3 Å². The molecular weight excluding hydrogens is 408 g/mol. The van der Waals surface area contributed by atoms with Gasteiger partial charge in [-0.05, 0) is 35.2 Å². The molecule has 3 aromatic carbocycles. The fourth-order valence-corrected chi connectivity index (χ4v) is 3.82. The van der Waals surface area contributed by atoms with Crippen LogP contribution in [0.2, 0.25) is 0 Å². The molecule has 2 aliphatic heterocycles. The summed E-state index contributed by atoms with van der Waals surface area (Å²) in [7, 11) is 2.35. The summed E-state index contributed by atoms with van der Waals surface area (Å²) in [6, 6.07) is 8.30. The Bertz CT molecular complexity index is 1260. The van der Waals surface area contributed by atoms with E-state index in [0.29, 0.717) is 39.5 Å². The number of ether oxygens (including phenoxy) is 6. The Morgan fingerprint density at radius 3 is 1.97 bits per heavy atom. The van der Waals surface area contributed by atoms with Gasteiger partial charge in [0.25, 0.3) is 0 Å². The number of hydrogen-bond acceptors (Lipinski definition) is 9. The number of phenols is 1. The van der Waals surface area contributed by atoms with Gasteiger partial charge in [-0.2, -0.15) is 0 Å². The number of phenolic OH excluding ortho intramolecular Hbond substituents is 1. The minimum absolute atomic E-state index is 0.0134. The highest BCUT2D eigenvalue weighted by Gasteiger charge is 2.32. The van der Waals surface area contributed by atoms with Crippen molar-refractivity contribution in [2.75, 3.05) is 27.8 Å². The van der Waals surface area contributed by atoms with Gasteiger partial charge in [0.1, 0.15) is 11.3 Å². The maximum absolute atomic E-state index is 12.9. The van der Waals surface area contributed by atoms with Gasteiger partial charge in [-0.15, -0.1) is 0 Å². The van der Waals surface area contributed by atoms with Gasteiger partial charge in [-0.3, -0.25) is 0 Å². The van der Waals surface area contributed by atoms with Gasteiger partial charge in [0, 0.05) is 10.9 Å². The SMILES string of the molecule is COC(=O)c1c(C(=O)OC)c(-c2ccc3c(c2)OCO3)c2cc3c(cc2c1O)OCO3. The van der Waals surface area contributed by atoms with Crippen LogP contribution in [0.1, 0.15) is 20.7 Å². The summed E-state index contributed by atoms with van der Waals surface area (Å²) < 4.78 is 31.5. The van der Waals surface area contributed by atoms with Gasteiger partial charge in [0.2, 0.25) is 13.6 Å². The molecule has 0 saturated heterocycles. The molecule has 5 rings (SSSR count). The minimum atomic E-state index is -0.889. The van der Waals surface area contributed by atoms with Gasteiger partial charge in [-0.1, -0.05) is 6.07 Å². The second-order valence-electron chi connectivity index (χ2n) is 6.78.